The van der Waals surface area contributed by atoms with Gasteiger partial charge in [-0.15, -0.1) is 11.3 Å². The lowest BCUT2D eigenvalue weighted by atomic mass is 10.4. The van der Waals surface area contributed by atoms with Crippen molar-refractivity contribution in [3.63, 3.8) is 0 Å². The lowest BCUT2D eigenvalue weighted by Crippen LogP contribution is -2.21. The number of aryl methyl sites for hydroxylation is 1. The van der Waals surface area contributed by atoms with E-state index in [4.69, 9.17) is 4.42 Å². The van der Waals surface area contributed by atoms with E-state index in [2.05, 4.69) is 29.0 Å². The van der Waals surface area contributed by atoms with Gasteiger partial charge in [-0.3, -0.25) is 0 Å². The number of rotatable bonds is 7. The number of hydrogen-bond acceptors (Lipinski definition) is 5. The Morgan fingerprint density at radius 1 is 1.26 bits per heavy atom. The molecule has 0 aliphatic rings. The van der Waals surface area contributed by atoms with Crippen LogP contribution in [0.5, 0.6) is 0 Å². The van der Waals surface area contributed by atoms with Gasteiger partial charge in [-0.1, -0.05) is 0 Å². The molecule has 2 aromatic heterocycles. The summed E-state index contributed by atoms with van der Waals surface area (Å²) in [4.78, 5) is 7.99. The first-order valence-electron chi connectivity index (χ1n) is 6.68. The summed E-state index contributed by atoms with van der Waals surface area (Å²) in [5.74, 6) is 1.93. The molecule has 0 aromatic carbocycles. The van der Waals surface area contributed by atoms with Gasteiger partial charge in [-0.2, -0.15) is 0 Å². The summed E-state index contributed by atoms with van der Waals surface area (Å²) >= 11 is 1.75. The molecule has 0 spiro atoms. The number of thiazole rings is 1. The van der Waals surface area contributed by atoms with Crippen LogP contribution in [0.2, 0.25) is 0 Å². The number of hydrogen-bond donors (Lipinski definition) is 1. The fourth-order valence-electron chi connectivity index (χ4n) is 1.91. The van der Waals surface area contributed by atoms with E-state index in [1.807, 2.05) is 25.3 Å². The zero-order chi connectivity index (χ0) is 13.7. The molecule has 0 saturated carbocycles. The molecule has 2 rings (SSSR count). The van der Waals surface area contributed by atoms with Crippen molar-refractivity contribution in [2.45, 2.75) is 33.9 Å². The van der Waals surface area contributed by atoms with Gasteiger partial charge in [0.05, 0.1) is 6.54 Å². The SMILES string of the molecule is CCN(CC)c1ncc(CNCc2ccc(C)o2)s1. The number of nitrogens with one attached hydrogen (secondary N) is 1. The van der Waals surface area contributed by atoms with Gasteiger partial charge in [0.25, 0.3) is 0 Å². The lowest BCUT2D eigenvalue weighted by molar-refractivity contribution is 0.462. The predicted molar refractivity (Wildman–Crippen MR) is 79.7 cm³/mol. The summed E-state index contributed by atoms with van der Waals surface area (Å²) in [7, 11) is 0. The monoisotopic (exact) mass is 279 g/mol. The highest BCUT2D eigenvalue weighted by atomic mass is 32.1. The van der Waals surface area contributed by atoms with Gasteiger partial charge in [-0.05, 0) is 32.9 Å². The lowest BCUT2D eigenvalue weighted by Gasteiger charge is -2.16. The molecule has 0 bridgehead atoms. The van der Waals surface area contributed by atoms with E-state index in [0.717, 1.165) is 42.8 Å². The van der Waals surface area contributed by atoms with Crippen LogP contribution < -0.4 is 10.2 Å². The Labute approximate surface area is 118 Å². The first kappa shape index (κ1) is 14.1. The Bertz CT molecular complexity index is 502. The molecular weight excluding hydrogens is 258 g/mol. The standard InChI is InChI=1S/C14H21N3OS/c1-4-17(5-2)14-16-10-13(19-14)9-15-8-12-7-6-11(3)18-12/h6-7,10,15H,4-5,8-9H2,1-3H3. The highest BCUT2D eigenvalue weighted by Crippen LogP contribution is 2.22. The first-order valence-corrected chi connectivity index (χ1v) is 7.50. The zero-order valence-electron chi connectivity index (χ0n) is 11.8. The summed E-state index contributed by atoms with van der Waals surface area (Å²) < 4.78 is 5.52. The summed E-state index contributed by atoms with van der Waals surface area (Å²) in [6.07, 6.45) is 1.96. The Morgan fingerprint density at radius 2 is 2.05 bits per heavy atom. The quantitative estimate of drug-likeness (QED) is 0.845. The van der Waals surface area contributed by atoms with Crippen molar-refractivity contribution in [1.82, 2.24) is 10.3 Å². The van der Waals surface area contributed by atoms with E-state index in [1.54, 1.807) is 11.3 Å². The molecule has 0 aliphatic heterocycles. The van der Waals surface area contributed by atoms with Crippen molar-refractivity contribution in [2.75, 3.05) is 18.0 Å². The van der Waals surface area contributed by atoms with Crippen LogP contribution in [-0.4, -0.2) is 18.1 Å². The van der Waals surface area contributed by atoms with E-state index >= 15 is 0 Å². The Kier molecular flexibility index (Phi) is 4.99. The average molecular weight is 279 g/mol. The van der Waals surface area contributed by atoms with Gasteiger partial charge in [0, 0.05) is 30.7 Å². The fraction of sp³-hybridized carbons (Fsp3) is 0.500. The number of furan rings is 1. The minimum atomic E-state index is 0.756. The van der Waals surface area contributed by atoms with Crippen molar-refractivity contribution < 1.29 is 4.42 Å². The molecule has 0 saturated heterocycles. The molecule has 1 N–H and O–H groups in total. The molecule has 0 unspecified atom stereocenters. The largest absolute Gasteiger partial charge is 0.465 e. The Hall–Kier alpha value is -1.33. The normalized spacial score (nSPS) is 10.9. The molecule has 19 heavy (non-hydrogen) atoms. The number of nitrogens with zero attached hydrogens (tertiary/aromatic N) is 2. The molecule has 0 aliphatic carbocycles. The minimum Gasteiger partial charge on any atom is -0.465 e. The molecule has 0 amide bonds. The molecule has 2 aromatic rings. The van der Waals surface area contributed by atoms with Crippen molar-refractivity contribution in [1.29, 1.82) is 0 Å². The second-order valence-electron chi connectivity index (χ2n) is 4.40. The topological polar surface area (TPSA) is 41.3 Å². The molecule has 4 nitrogen and oxygen atoms in total. The molecule has 5 heteroatoms. The maximum Gasteiger partial charge on any atom is 0.185 e. The van der Waals surface area contributed by atoms with Crippen LogP contribution in [0.25, 0.3) is 0 Å². The summed E-state index contributed by atoms with van der Waals surface area (Å²) in [6, 6.07) is 4.00. The van der Waals surface area contributed by atoms with Crippen LogP contribution in [0.3, 0.4) is 0 Å². The third-order valence-corrected chi connectivity index (χ3v) is 4.03. The summed E-state index contributed by atoms with van der Waals surface area (Å²) in [6.45, 7) is 9.86. The van der Waals surface area contributed by atoms with Crippen LogP contribution in [0.15, 0.2) is 22.7 Å². The van der Waals surface area contributed by atoms with Crippen LogP contribution in [-0.2, 0) is 13.1 Å². The summed E-state index contributed by atoms with van der Waals surface area (Å²) in [5, 5.41) is 4.48. The third kappa shape index (κ3) is 3.81. The van der Waals surface area contributed by atoms with Crippen LogP contribution in [0.1, 0.15) is 30.2 Å². The van der Waals surface area contributed by atoms with Crippen molar-refractivity contribution in [2.24, 2.45) is 0 Å². The zero-order valence-corrected chi connectivity index (χ0v) is 12.6. The smallest absolute Gasteiger partial charge is 0.185 e. The highest BCUT2D eigenvalue weighted by molar-refractivity contribution is 7.15. The molecule has 2 heterocycles. The van der Waals surface area contributed by atoms with E-state index in [0.29, 0.717) is 0 Å². The highest BCUT2D eigenvalue weighted by Gasteiger charge is 2.07. The van der Waals surface area contributed by atoms with Gasteiger partial charge in [-0.25, -0.2) is 4.98 Å². The number of anilines is 1. The van der Waals surface area contributed by atoms with Crippen molar-refractivity contribution >= 4 is 16.5 Å². The molecule has 104 valence electrons. The maximum absolute atomic E-state index is 5.52. The van der Waals surface area contributed by atoms with E-state index in [-0.39, 0.29) is 0 Å². The van der Waals surface area contributed by atoms with E-state index in [9.17, 15) is 0 Å². The van der Waals surface area contributed by atoms with Gasteiger partial charge in [0.2, 0.25) is 0 Å². The Morgan fingerprint density at radius 3 is 2.68 bits per heavy atom. The molecule has 0 fully saturated rings. The van der Waals surface area contributed by atoms with Crippen molar-refractivity contribution in [3.05, 3.63) is 34.7 Å². The molecular formula is C14H21N3OS. The van der Waals surface area contributed by atoms with Crippen LogP contribution in [0.4, 0.5) is 5.13 Å². The van der Waals surface area contributed by atoms with Gasteiger partial charge >= 0.3 is 0 Å². The van der Waals surface area contributed by atoms with Gasteiger partial charge in [0.15, 0.2) is 5.13 Å². The van der Waals surface area contributed by atoms with Gasteiger partial charge < -0.3 is 14.6 Å². The fourth-order valence-corrected chi connectivity index (χ4v) is 2.92. The first-order chi connectivity index (χ1) is 9.22. The summed E-state index contributed by atoms with van der Waals surface area (Å²) in [5.41, 5.74) is 0. The Balaban J connectivity index is 1.83. The second kappa shape index (κ2) is 6.73. The molecule has 0 atom stereocenters. The number of aromatic nitrogens is 1. The van der Waals surface area contributed by atoms with Crippen molar-refractivity contribution in [3.8, 4) is 0 Å². The second-order valence-corrected chi connectivity index (χ2v) is 5.49. The van der Waals surface area contributed by atoms with Crippen LogP contribution >= 0.6 is 11.3 Å². The third-order valence-electron chi connectivity index (χ3n) is 2.97. The van der Waals surface area contributed by atoms with E-state index < -0.39 is 0 Å². The van der Waals surface area contributed by atoms with E-state index in [1.165, 1.54) is 4.88 Å². The predicted octanol–water partition coefficient (Wildman–Crippen LogP) is 3.18. The average Bonchev–Trinajstić information content (AvgIpc) is 3.01. The van der Waals surface area contributed by atoms with Gasteiger partial charge in [0.1, 0.15) is 11.5 Å². The maximum atomic E-state index is 5.52. The molecule has 0 radical (unpaired) electrons. The van der Waals surface area contributed by atoms with Crippen LogP contribution in [0, 0.1) is 6.92 Å². The minimum absolute atomic E-state index is 0.756.